The van der Waals surface area contributed by atoms with Crippen molar-refractivity contribution in [3.05, 3.63) is 69.5 Å². The molecule has 47 heavy (non-hydrogen) atoms. The first-order valence-electron chi connectivity index (χ1n) is 15.7. The molecule has 0 spiro atoms. The van der Waals surface area contributed by atoms with Gasteiger partial charge in [-0.3, -0.25) is 19.2 Å². The molecule has 4 atom stereocenters. The van der Waals surface area contributed by atoms with Crippen LogP contribution >= 0.6 is 0 Å². The third-order valence-corrected chi connectivity index (χ3v) is 9.66. The molecule has 12 heteroatoms. The number of ketones is 2. The number of hydrogen-bond acceptors (Lipinski definition) is 11. The van der Waals surface area contributed by atoms with Gasteiger partial charge in [0.15, 0.2) is 11.4 Å². The largest absolute Gasteiger partial charge is 0.508 e. The van der Waals surface area contributed by atoms with E-state index in [0.29, 0.717) is 24.1 Å². The average molecular weight is 648 g/mol. The molecular weight excluding hydrogens is 606 g/mol. The minimum Gasteiger partial charge on any atom is -0.508 e. The molecule has 0 heterocycles. The van der Waals surface area contributed by atoms with Gasteiger partial charge in [0.1, 0.15) is 28.9 Å². The minimum atomic E-state index is -2.72. The number of Topliss-reactive ketones (excluding diaryl/α,β-unsaturated/α-hetero) is 2. The highest BCUT2D eigenvalue weighted by atomic mass is 16.5. The summed E-state index contributed by atoms with van der Waals surface area (Å²) in [6, 6.07) is 8.44. The van der Waals surface area contributed by atoms with Gasteiger partial charge >= 0.3 is 5.97 Å². The smallest absolute Gasteiger partial charge is 0.323 e. The lowest BCUT2D eigenvalue weighted by Gasteiger charge is -2.50. The number of aromatic hydroxyl groups is 1. The van der Waals surface area contributed by atoms with Gasteiger partial charge in [0.2, 0.25) is 5.78 Å². The summed E-state index contributed by atoms with van der Waals surface area (Å²) >= 11 is 0. The molecule has 2 aromatic rings. The number of carbonyl (C=O) groups is 4. The van der Waals surface area contributed by atoms with Crippen molar-refractivity contribution in [2.24, 2.45) is 23.3 Å². The summed E-state index contributed by atoms with van der Waals surface area (Å²) in [6.07, 6.45) is -0.106. The van der Waals surface area contributed by atoms with E-state index < -0.39 is 69.7 Å². The van der Waals surface area contributed by atoms with Crippen molar-refractivity contribution in [2.75, 3.05) is 6.61 Å². The lowest BCUT2D eigenvalue weighted by atomic mass is 9.56. The summed E-state index contributed by atoms with van der Waals surface area (Å²) in [4.78, 5) is 51.2. The Morgan fingerprint density at radius 2 is 1.79 bits per heavy atom. The van der Waals surface area contributed by atoms with Crippen molar-refractivity contribution in [1.82, 2.24) is 5.32 Å². The molecule has 0 aliphatic heterocycles. The molecule has 3 aliphatic carbocycles. The van der Waals surface area contributed by atoms with Crippen LogP contribution in [0.1, 0.15) is 62.8 Å². The number of fused-ring (bicyclic) bond motifs is 3. The van der Waals surface area contributed by atoms with Crippen LogP contribution < -0.4 is 16.8 Å². The summed E-state index contributed by atoms with van der Waals surface area (Å²) in [5.74, 6) is -7.02. The normalized spacial score (nSPS) is 24.5. The van der Waals surface area contributed by atoms with Gasteiger partial charge in [0.05, 0.1) is 23.3 Å². The van der Waals surface area contributed by atoms with Gasteiger partial charge in [-0.1, -0.05) is 39.0 Å². The number of primary amides is 1. The predicted octanol–water partition coefficient (Wildman–Crippen LogP) is 2.41. The Labute approximate surface area is 272 Å². The van der Waals surface area contributed by atoms with Crippen LogP contribution in [-0.2, 0) is 43.3 Å². The van der Waals surface area contributed by atoms with Crippen LogP contribution in [0.2, 0.25) is 0 Å². The van der Waals surface area contributed by atoms with E-state index in [1.54, 1.807) is 13.0 Å². The highest BCUT2D eigenvalue weighted by Crippen LogP contribution is 2.54. The van der Waals surface area contributed by atoms with Gasteiger partial charge < -0.3 is 41.9 Å². The highest BCUT2D eigenvalue weighted by molar-refractivity contribution is 6.23. The van der Waals surface area contributed by atoms with Crippen molar-refractivity contribution >= 4 is 29.2 Å². The second-order valence-electron chi connectivity index (χ2n) is 13.0. The molecule has 9 N–H and O–H groups in total. The predicted molar refractivity (Wildman–Crippen MR) is 172 cm³/mol. The van der Waals surface area contributed by atoms with Crippen LogP contribution in [0.25, 0.3) is 16.9 Å². The van der Waals surface area contributed by atoms with Crippen LogP contribution in [0.5, 0.6) is 5.75 Å². The molecular formula is C35H41N3O9. The molecule has 1 amide bonds. The molecule has 1 saturated carbocycles. The number of carbonyl (C=O) groups excluding carboxylic acids is 4. The maximum atomic E-state index is 14.0. The van der Waals surface area contributed by atoms with Crippen LogP contribution in [0.3, 0.4) is 0 Å². The standard InChI is InChI=1S/C35H41N3O9/c1-5-18-8-7-17(15-38-28(16(3)4)33(45)47-6-2)11-21(18)20-9-10-23(39)25-22(20)14-34(37)13-19-12-24(40)26(32(36)44)30(42)35(19,46)31(43)27(34)29(25)41/h7-11,16,19,28,38-39,41-42,46H,5-6,12-15,37H2,1-4H3,(H2,36,44)/t19-,28?,34+,35-/m1/s1. The van der Waals surface area contributed by atoms with E-state index in [1.165, 1.54) is 6.07 Å². The van der Waals surface area contributed by atoms with E-state index >= 15 is 0 Å². The Morgan fingerprint density at radius 3 is 2.40 bits per heavy atom. The van der Waals surface area contributed by atoms with Crippen molar-refractivity contribution in [3.8, 4) is 16.9 Å². The van der Waals surface area contributed by atoms with Gasteiger partial charge in [-0.2, -0.15) is 0 Å². The zero-order chi connectivity index (χ0) is 34.6. The number of phenolic OH excluding ortho intramolecular Hbond substituents is 1. The second-order valence-corrected chi connectivity index (χ2v) is 13.0. The Hall–Kier alpha value is -4.52. The number of aliphatic hydroxyl groups is 3. The Bertz CT molecular complexity index is 1760. The fourth-order valence-electron chi connectivity index (χ4n) is 7.34. The zero-order valence-corrected chi connectivity index (χ0v) is 26.8. The Morgan fingerprint density at radius 1 is 1.09 bits per heavy atom. The summed E-state index contributed by atoms with van der Waals surface area (Å²) < 4.78 is 5.23. The van der Waals surface area contributed by atoms with Crippen LogP contribution in [0.15, 0.2) is 47.2 Å². The van der Waals surface area contributed by atoms with Crippen molar-refractivity contribution in [1.29, 1.82) is 0 Å². The molecule has 1 unspecified atom stereocenters. The first-order chi connectivity index (χ1) is 22.1. The topological polar surface area (TPSA) is 222 Å². The maximum Gasteiger partial charge on any atom is 0.323 e. The average Bonchev–Trinajstić information content (AvgIpc) is 2.98. The van der Waals surface area contributed by atoms with E-state index in [-0.39, 0.29) is 42.6 Å². The van der Waals surface area contributed by atoms with Gasteiger partial charge in [-0.15, -0.1) is 0 Å². The van der Waals surface area contributed by atoms with E-state index in [1.807, 2.05) is 39.0 Å². The number of benzene rings is 2. The quantitative estimate of drug-likeness (QED) is 0.155. The van der Waals surface area contributed by atoms with E-state index in [2.05, 4.69) is 5.32 Å². The fraction of sp³-hybridized carbons (Fsp3) is 0.429. The molecule has 3 aliphatic rings. The molecule has 1 fully saturated rings. The lowest BCUT2D eigenvalue weighted by molar-refractivity contribution is -0.148. The number of ether oxygens (including phenoxy) is 1. The minimum absolute atomic E-state index is 0.0210. The molecule has 250 valence electrons. The van der Waals surface area contributed by atoms with Crippen molar-refractivity contribution < 1.29 is 44.3 Å². The number of esters is 1. The van der Waals surface area contributed by atoms with Crippen molar-refractivity contribution in [3.63, 3.8) is 0 Å². The fourth-order valence-corrected chi connectivity index (χ4v) is 7.34. The maximum absolute atomic E-state index is 14.0. The van der Waals surface area contributed by atoms with Crippen molar-refractivity contribution in [2.45, 2.75) is 77.1 Å². The molecule has 5 rings (SSSR count). The van der Waals surface area contributed by atoms with Gasteiger partial charge in [0.25, 0.3) is 5.91 Å². The summed E-state index contributed by atoms with van der Waals surface area (Å²) in [6.45, 7) is 8.21. The first-order valence-corrected chi connectivity index (χ1v) is 15.7. The number of aryl methyl sites for hydroxylation is 1. The first kappa shape index (κ1) is 33.8. The second kappa shape index (κ2) is 12.3. The molecule has 0 bridgehead atoms. The molecule has 12 nitrogen and oxygen atoms in total. The van der Waals surface area contributed by atoms with E-state index in [0.717, 1.165) is 16.7 Å². The number of nitrogens with one attached hydrogen (secondary N) is 1. The molecule has 0 radical (unpaired) electrons. The Balaban J connectivity index is 1.62. The zero-order valence-electron chi connectivity index (χ0n) is 26.8. The van der Waals surface area contributed by atoms with E-state index in [4.69, 9.17) is 16.2 Å². The number of amides is 1. The van der Waals surface area contributed by atoms with Gasteiger partial charge in [-0.05, 0) is 72.1 Å². The van der Waals surface area contributed by atoms with Crippen LogP contribution in [0.4, 0.5) is 0 Å². The lowest BCUT2D eigenvalue weighted by Crippen LogP contribution is -2.65. The SMILES string of the molecule is CCOC(=O)C(NCc1ccc(CC)c(-c2ccc(O)c3c2C[C@@]2(N)C[C@H]4CC(=O)C(C(N)=O)=C(O)[C@@]4(O)C(=O)C2=C3O)c1)C(C)C. The van der Waals surface area contributed by atoms with E-state index in [9.17, 15) is 39.6 Å². The third kappa shape index (κ3) is 5.39. The summed E-state index contributed by atoms with van der Waals surface area (Å²) in [5.41, 5.74) is 10.2. The molecule has 2 aromatic carbocycles. The number of nitrogens with two attached hydrogens (primary N) is 2. The highest BCUT2D eigenvalue weighted by Gasteiger charge is 2.64. The molecule has 0 saturated heterocycles. The number of rotatable bonds is 9. The van der Waals surface area contributed by atoms with Gasteiger partial charge in [0, 0.05) is 18.9 Å². The number of phenols is 1. The number of hydrogen-bond donors (Lipinski definition) is 7. The summed E-state index contributed by atoms with van der Waals surface area (Å²) in [7, 11) is 0. The van der Waals surface area contributed by atoms with Crippen LogP contribution in [0, 0.1) is 11.8 Å². The Kier molecular flexibility index (Phi) is 8.82. The third-order valence-electron chi connectivity index (χ3n) is 9.66. The molecule has 0 aromatic heterocycles. The van der Waals surface area contributed by atoms with Gasteiger partial charge in [-0.25, -0.2) is 0 Å². The summed E-state index contributed by atoms with van der Waals surface area (Å²) in [5, 5.41) is 48.3. The van der Waals surface area contributed by atoms with Crippen LogP contribution in [-0.4, -0.2) is 67.7 Å². The monoisotopic (exact) mass is 647 g/mol. The number of aliphatic hydroxyl groups excluding tert-OH is 2.